The first-order valence-electron chi connectivity index (χ1n) is 4.02. The minimum atomic E-state index is -0.318. The van der Waals surface area contributed by atoms with Crippen LogP contribution in [0.4, 0.5) is 0 Å². The summed E-state index contributed by atoms with van der Waals surface area (Å²) < 4.78 is 5.01. The Hall–Kier alpha value is -1.83. The first-order valence-corrected chi connectivity index (χ1v) is 4.02. The number of fused-ring (bicyclic) bond motifs is 1. The molecule has 2 nitrogen and oxygen atoms in total. The average molecular weight is 172 g/mol. The molecular formula is C11H8O2. The molecule has 0 amide bonds. The molecule has 0 radical (unpaired) electrons. The Bertz CT molecular complexity index is 447. The van der Waals surface area contributed by atoms with Gasteiger partial charge in [-0.3, -0.25) is 0 Å². The highest BCUT2D eigenvalue weighted by Gasteiger charge is 1.99. The lowest BCUT2D eigenvalue weighted by molar-refractivity contribution is 0.500. The van der Waals surface area contributed by atoms with Crippen molar-refractivity contribution in [3.8, 4) is 0 Å². The first-order chi connectivity index (χ1) is 6.36. The molecule has 1 aliphatic carbocycles. The quantitative estimate of drug-likeness (QED) is 0.600. The van der Waals surface area contributed by atoms with Gasteiger partial charge < -0.3 is 4.42 Å². The molecule has 0 fully saturated rings. The Balaban J connectivity index is 2.62. The predicted molar refractivity (Wildman–Crippen MR) is 52.2 cm³/mol. The van der Waals surface area contributed by atoms with Crippen LogP contribution in [-0.2, 0) is 0 Å². The third-order valence-corrected chi connectivity index (χ3v) is 1.75. The maximum atomic E-state index is 10.9. The molecule has 0 N–H and O–H groups in total. The summed E-state index contributed by atoms with van der Waals surface area (Å²) in [6.07, 6.45) is 11.2. The molecule has 1 heterocycles. The molecule has 1 aliphatic rings. The van der Waals surface area contributed by atoms with Gasteiger partial charge in [-0.05, 0) is 12.1 Å². The normalized spacial score (nSPS) is 18.5. The van der Waals surface area contributed by atoms with Crippen LogP contribution in [0, 0.1) is 0 Å². The van der Waals surface area contributed by atoms with E-state index in [0.717, 1.165) is 5.56 Å². The predicted octanol–water partition coefficient (Wildman–Crippen LogP) is 2.24. The van der Waals surface area contributed by atoms with Gasteiger partial charge >= 0.3 is 5.63 Å². The van der Waals surface area contributed by atoms with Gasteiger partial charge in [-0.1, -0.05) is 30.4 Å². The fraction of sp³-hybridized carbons (Fsp3) is 0. The van der Waals surface area contributed by atoms with Crippen molar-refractivity contribution < 1.29 is 4.42 Å². The second kappa shape index (κ2) is 3.27. The van der Waals surface area contributed by atoms with E-state index < -0.39 is 0 Å². The molecule has 0 aliphatic heterocycles. The van der Waals surface area contributed by atoms with Gasteiger partial charge in [0.25, 0.3) is 0 Å². The van der Waals surface area contributed by atoms with Crippen LogP contribution in [0.25, 0.3) is 12.2 Å². The minimum absolute atomic E-state index is 0.318. The smallest absolute Gasteiger partial charge is 0.336 e. The molecule has 0 bridgehead atoms. The third kappa shape index (κ3) is 1.67. The maximum absolute atomic E-state index is 10.9. The van der Waals surface area contributed by atoms with Gasteiger partial charge in [-0.2, -0.15) is 0 Å². The van der Waals surface area contributed by atoms with Crippen LogP contribution in [0.3, 0.4) is 0 Å². The monoisotopic (exact) mass is 172 g/mol. The second-order valence-corrected chi connectivity index (χ2v) is 2.68. The minimum Gasteiger partial charge on any atom is -0.423 e. The van der Waals surface area contributed by atoms with E-state index in [9.17, 15) is 4.79 Å². The first kappa shape index (κ1) is 7.80. The number of hydrogen-bond donors (Lipinski definition) is 0. The SMILES string of the molecule is O=c1ccc2c(o1)/C=C\C=C/C=C2. The fourth-order valence-corrected chi connectivity index (χ4v) is 1.14. The molecule has 0 atom stereocenters. The van der Waals surface area contributed by atoms with Crippen LogP contribution in [0.15, 0.2) is 45.6 Å². The van der Waals surface area contributed by atoms with Gasteiger partial charge in [-0.25, -0.2) is 4.79 Å². The number of hydrogen-bond acceptors (Lipinski definition) is 2. The average Bonchev–Trinajstić information content (AvgIpc) is 2.08. The lowest BCUT2D eigenvalue weighted by Crippen LogP contribution is -1.97. The van der Waals surface area contributed by atoms with E-state index in [1.165, 1.54) is 6.07 Å². The number of allylic oxidation sites excluding steroid dienone is 4. The van der Waals surface area contributed by atoms with E-state index in [-0.39, 0.29) is 5.63 Å². The molecule has 0 aromatic carbocycles. The molecule has 0 spiro atoms. The molecule has 0 saturated carbocycles. The Morgan fingerprint density at radius 3 is 2.54 bits per heavy atom. The van der Waals surface area contributed by atoms with Crippen molar-refractivity contribution in [2.24, 2.45) is 0 Å². The van der Waals surface area contributed by atoms with Crippen molar-refractivity contribution in [2.45, 2.75) is 0 Å². The topological polar surface area (TPSA) is 30.2 Å². The zero-order chi connectivity index (χ0) is 9.10. The van der Waals surface area contributed by atoms with Crippen LogP contribution < -0.4 is 5.63 Å². The molecule has 2 rings (SSSR count). The van der Waals surface area contributed by atoms with E-state index in [2.05, 4.69) is 0 Å². The summed E-state index contributed by atoms with van der Waals surface area (Å²) in [4.78, 5) is 10.9. The molecular weight excluding hydrogens is 164 g/mol. The van der Waals surface area contributed by atoms with Crippen LogP contribution >= 0.6 is 0 Å². The maximum Gasteiger partial charge on any atom is 0.336 e. The molecule has 1 aromatic heterocycles. The summed E-state index contributed by atoms with van der Waals surface area (Å²) in [5, 5.41) is 0. The summed E-state index contributed by atoms with van der Waals surface area (Å²) in [6, 6.07) is 3.17. The van der Waals surface area contributed by atoms with Gasteiger partial charge in [0, 0.05) is 11.6 Å². The van der Waals surface area contributed by atoms with Crippen molar-refractivity contribution in [1.29, 1.82) is 0 Å². The third-order valence-electron chi connectivity index (χ3n) is 1.75. The van der Waals surface area contributed by atoms with Crippen molar-refractivity contribution in [3.63, 3.8) is 0 Å². The van der Waals surface area contributed by atoms with Crippen molar-refractivity contribution >= 4 is 12.2 Å². The van der Waals surface area contributed by atoms with E-state index in [1.54, 1.807) is 12.1 Å². The summed E-state index contributed by atoms with van der Waals surface area (Å²) in [7, 11) is 0. The van der Waals surface area contributed by atoms with Gasteiger partial charge in [0.15, 0.2) is 0 Å². The van der Waals surface area contributed by atoms with E-state index in [0.29, 0.717) is 5.76 Å². The summed E-state index contributed by atoms with van der Waals surface area (Å²) in [5.74, 6) is 0.605. The standard InChI is InChI=1S/C11H8O2/c12-11-8-7-9-5-3-1-2-4-6-10(9)13-11/h1-8H/b2-1-,3-1?,4-2?,5-3?,6-4-,9-5?,10-6?. The van der Waals surface area contributed by atoms with E-state index in [4.69, 9.17) is 4.42 Å². The van der Waals surface area contributed by atoms with Gasteiger partial charge in [0.1, 0.15) is 5.76 Å². The molecule has 2 heteroatoms. The van der Waals surface area contributed by atoms with Crippen LogP contribution in [0.1, 0.15) is 11.3 Å². The Morgan fingerprint density at radius 1 is 0.923 bits per heavy atom. The summed E-state index contributed by atoms with van der Waals surface area (Å²) in [6.45, 7) is 0. The summed E-state index contributed by atoms with van der Waals surface area (Å²) in [5.41, 5.74) is 0.599. The van der Waals surface area contributed by atoms with E-state index in [1.807, 2.05) is 30.4 Å². The number of rotatable bonds is 0. The fourth-order valence-electron chi connectivity index (χ4n) is 1.14. The highest BCUT2D eigenvalue weighted by molar-refractivity contribution is 5.63. The Morgan fingerprint density at radius 2 is 1.69 bits per heavy atom. The van der Waals surface area contributed by atoms with E-state index >= 15 is 0 Å². The molecule has 0 saturated heterocycles. The van der Waals surface area contributed by atoms with Crippen molar-refractivity contribution in [3.05, 3.63) is 58.2 Å². The van der Waals surface area contributed by atoms with Crippen LogP contribution in [0.2, 0.25) is 0 Å². The molecule has 13 heavy (non-hydrogen) atoms. The van der Waals surface area contributed by atoms with Crippen LogP contribution in [0.5, 0.6) is 0 Å². The zero-order valence-electron chi connectivity index (χ0n) is 6.94. The summed E-state index contributed by atoms with van der Waals surface area (Å²) >= 11 is 0. The van der Waals surface area contributed by atoms with Gasteiger partial charge in [0.2, 0.25) is 0 Å². The van der Waals surface area contributed by atoms with Gasteiger partial charge in [0.05, 0.1) is 0 Å². The van der Waals surface area contributed by atoms with Crippen molar-refractivity contribution in [2.75, 3.05) is 0 Å². The Labute approximate surface area is 75.5 Å². The lowest BCUT2D eigenvalue weighted by atomic mass is 10.1. The van der Waals surface area contributed by atoms with Gasteiger partial charge in [-0.15, -0.1) is 0 Å². The zero-order valence-corrected chi connectivity index (χ0v) is 6.94. The van der Waals surface area contributed by atoms with Crippen molar-refractivity contribution in [1.82, 2.24) is 0 Å². The molecule has 1 aromatic rings. The second-order valence-electron chi connectivity index (χ2n) is 2.68. The highest BCUT2D eigenvalue weighted by Crippen LogP contribution is 2.12. The molecule has 0 unspecified atom stereocenters. The Kier molecular flexibility index (Phi) is 1.96. The molecule has 64 valence electrons. The highest BCUT2D eigenvalue weighted by atomic mass is 16.4. The van der Waals surface area contributed by atoms with Crippen LogP contribution in [-0.4, -0.2) is 0 Å². The lowest BCUT2D eigenvalue weighted by Gasteiger charge is -1.98. The largest absolute Gasteiger partial charge is 0.423 e.